The van der Waals surface area contributed by atoms with Crippen molar-refractivity contribution in [1.29, 1.82) is 0 Å². The quantitative estimate of drug-likeness (QED) is 0.769. The van der Waals surface area contributed by atoms with Crippen LogP contribution in [-0.2, 0) is 5.41 Å². The molecule has 0 radical (unpaired) electrons. The third kappa shape index (κ3) is 2.50. The molecule has 1 aromatic heterocycles. The van der Waals surface area contributed by atoms with Gasteiger partial charge in [0.05, 0.1) is 5.69 Å². The van der Waals surface area contributed by atoms with E-state index in [4.69, 9.17) is 0 Å². The second kappa shape index (κ2) is 4.41. The second-order valence-electron chi connectivity index (χ2n) is 5.57. The van der Waals surface area contributed by atoms with E-state index in [-0.39, 0.29) is 11.3 Å². The van der Waals surface area contributed by atoms with Gasteiger partial charge in [0.25, 0.3) is 5.91 Å². The van der Waals surface area contributed by atoms with E-state index in [0.29, 0.717) is 5.56 Å². The van der Waals surface area contributed by atoms with Crippen molar-refractivity contribution >= 4 is 5.91 Å². The number of hydrogen-bond donors (Lipinski definition) is 0. The van der Waals surface area contributed by atoms with Gasteiger partial charge in [-0.2, -0.15) is 5.10 Å². The number of rotatable bonds is 1. The predicted octanol–water partition coefficient (Wildman–Crippen LogP) is 3.18. The molecule has 0 fully saturated rings. The molecular weight excluding hydrogens is 224 g/mol. The highest BCUT2D eigenvalue weighted by Gasteiger charge is 2.18. The Hall–Kier alpha value is -1.90. The van der Waals surface area contributed by atoms with Crippen LogP contribution in [0.2, 0.25) is 0 Å². The molecule has 1 aromatic carbocycles. The van der Waals surface area contributed by atoms with Gasteiger partial charge in [0, 0.05) is 17.2 Å². The summed E-state index contributed by atoms with van der Waals surface area (Å²) in [6.45, 7) is 8.21. The lowest BCUT2D eigenvalue weighted by Crippen LogP contribution is -2.17. The van der Waals surface area contributed by atoms with Crippen molar-refractivity contribution in [2.24, 2.45) is 0 Å². The van der Waals surface area contributed by atoms with Gasteiger partial charge in [-0.1, -0.05) is 38.5 Å². The summed E-state index contributed by atoms with van der Waals surface area (Å²) >= 11 is 0. The lowest BCUT2D eigenvalue weighted by molar-refractivity contribution is 0.0944. The van der Waals surface area contributed by atoms with E-state index in [1.165, 1.54) is 4.68 Å². The molecule has 3 nitrogen and oxygen atoms in total. The highest BCUT2D eigenvalue weighted by atomic mass is 16.2. The first-order valence-corrected chi connectivity index (χ1v) is 6.05. The Kier molecular flexibility index (Phi) is 3.07. The van der Waals surface area contributed by atoms with Crippen molar-refractivity contribution in [3.63, 3.8) is 0 Å². The molecule has 94 valence electrons. The zero-order chi connectivity index (χ0) is 13.3. The molecule has 0 atom stereocenters. The minimum absolute atomic E-state index is 0.0435. The van der Waals surface area contributed by atoms with E-state index in [1.54, 1.807) is 6.20 Å². The number of nitrogens with zero attached hydrogens (tertiary/aromatic N) is 2. The predicted molar refractivity (Wildman–Crippen MR) is 71.8 cm³/mol. The molecule has 0 unspecified atom stereocenters. The monoisotopic (exact) mass is 242 g/mol. The Labute approximate surface area is 107 Å². The maximum atomic E-state index is 12.2. The first-order chi connectivity index (χ1) is 8.38. The highest BCUT2D eigenvalue weighted by Crippen LogP contribution is 2.19. The van der Waals surface area contributed by atoms with Crippen molar-refractivity contribution < 1.29 is 4.79 Å². The molecule has 0 aliphatic rings. The summed E-state index contributed by atoms with van der Waals surface area (Å²) in [4.78, 5) is 12.2. The Morgan fingerprint density at radius 2 is 1.94 bits per heavy atom. The van der Waals surface area contributed by atoms with E-state index in [0.717, 1.165) is 11.3 Å². The summed E-state index contributed by atoms with van der Waals surface area (Å²) in [5, 5.41) is 4.35. The van der Waals surface area contributed by atoms with Gasteiger partial charge < -0.3 is 0 Å². The number of hydrogen-bond acceptors (Lipinski definition) is 2. The third-order valence-corrected chi connectivity index (χ3v) is 2.83. The van der Waals surface area contributed by atoms with E-state index >= 15 is 0 Å². The number of benzene rings is 1. The van der Waals surface area contributed by atoms with Gasteiger partial charge in [-0.05, 0) is 25.1 Å². The van der Waals surface area contributed by atoms with Crippen molar-refractivity contribution in [3.05, 3.63) is 53.3 Å². The van der Waals surface area contributed by atoms with Gasteiger partial charge in [0.15, 0.2) is 0 Å². The van der Waals surface area contributed by atoms with E-state index in [9.17, 15) is 4.79 Å². The van der Waals surface area contributed by atoms with Crippen LogP contribution in [0.15, 0.2) is 36.5 Å². The molecular formula is C15H18N2O. The van der Waals surface area contributed by atoms with E-state index in [1.807, 2.05) is 37.3 Å². The zero-order valence-electron chi connectivity index (χ0n) is 11.3. The standard InChI is InChI=1S/C15H18N2O/c1-11-6-5-7-12(10-11)14(18)17-9-8-13(16-17)15(2,3)4/h5-10H,1-4H3. The Bertz CT molecular complexity index is 576. The molecule has 0 bridgehead atoms. The van der Waals surface area contributed by atoms with Crippen LogP contribution in [-0.4, -0.2) is 15.7 Å². The second-order valence-corrected chi connectivity index (χ2v) is 5.57. The fourth-order valence-corrected chi connectivity index (χ4v) is 1.75. The van der Waals surface area contributed by atoms with Crippen LogP contribution in [0.4, 0.5) is 0 Å². The Morgan fingerprint density at radius 3 is 2.50 bits per heavy atom. The van der Waals surface area contributed by atoms with Crippen LogP contribution in [0.1, 0.15) is 42.4 Å². The first-order valence-electron chi connectivity index (χ1n) is 6.05. The normalized spacial score (nSPS) is 11.6. The van der Waals surface area contributed by atoms with Gasteiger partial charge in [-0.25, -0.2) is 4.68 Å². The maximum absolute atomic E-state index is 12.2. The zero-order valence-corrected chi connectivity index (χ0v) is 11.3. The van der Waals surface area contributed by atoms with Crippen molar-refractivity contribution in [2.45, 2.75) is 33.1 Å². The molecule has 0 saturated carbocycles. The molecule has 18 heavy (non-hydrogen) atoms. The number of carbonyl (C=O) groups is 1. The molecule has 2 rings (SSSR count). The topological polar surface area (TPSA) is 34.9 Å². The molecule has 0 amide bonds. The Balaban J connectivity index is 2.33. The third-order valence-electron chi connectivity index (χ3n) is 2.83. The average molecular weight is 242 g/mol. The average Bonchev–Trinajstić information content (AvgIpc) is 2.77. The van der Waals surface area contributed by atoms with Crippen LogP contribution in [0.5, 0.6) is 0 Å². The lowest BCUT2D eigenvalue weighted by Gasteiger charge is -2.14. The first kappa shape index (κ1) is 12.6. The molecule has 0 aliphatic carbocycles. The fraction of sp³-hybridized carbons (Fsp3) is 0.333. The van der Waals surface area contributed by atoms with E-state index in [2.05, 4.69) is 25.9 Å². The maximum Gasteiger partial charge on any atom is 0.278 e. The van der Waals surface area contributed by atoms with Crippen molar-refractivity contribution in [2.75, 3.05) is 0 Å². The largest absolute Gasteiger partial charge is 0.278 e. The smallest absolute Gasteiger partial charge is 0.267 e. The van der Waals surface area contributed by atoms with Crippen LogP contribution in [0, 0.1) is 6.92 Å². The summed E-state index contributed by atoms with van der Waals surface area (Å²) in [7, 11) is 0. The molecule has 3 heteroatoms. The van der Waals surface area contributed by atoms with Crippen LogP contribution < -0.4 is 0 Å². The summed E-state index contributed by atoms with van der Waals surface area (Å²) in [5.74, 6) is -0.0887. The van der Waals surface area contributed by atoms with Crippen molar-refractivity contribution in [1.82, 2.24) is 9.78 Å². The fourth-order valence-electron chi connectivity index (χ4n) is 1.75. The van der Waals surface area contributed by atoms with Crippen LogP contribution >= 0.6 is 0 Å². The van der Waals surface area contributed by atoms with Gasteiger partial charge in [-0.15, -0.1) is 0 Å². The Morgan fingerprint density at radius 1 is 1.22 bits per heavy atom. The molecule has 0 spiro atoms. The van der Waals surface area contributed by atoms with Crippen LogP contribution in [0.3, 0.4) is 0 Å². The molecule has 2 aromatic rings. The summed E-state index contributed by atoms with van der Waals surface area (Å²) in [6.07, 6.45) is 1.73. The SMILES string of the molecule is Cc1cccc(C(=O)n2ccc(C(C)(C)C)n2)c1. The van der Waals surface area contributed by atoms with Gasteiger partial charge in [-0.3, -0.25) is 4.79 Å². The lowest BCUT2D eigenvalue weighted by atomic mass is 9.93. The molecule has 0 saturated heterocycles. The molecule has 0 aliphatic heterocycles. The minimum Gasteiger partial charge on any atom is -0.267 e. The van der Waals surface area contributed by atoms with E-state index < -0.39 is 0 Å². The van der Waals surface area contributed by atoms with Gasteiger partial charge >= 0.3 is 0 Å². The van der Waals surface area contributed by atoms with Gasteiger partial charge in [0.2, 0.25) is 0 Å². The minimum atomic E-state index is -0.0887. The van der Waals surface area contributed by atoms with Gasteiger partial charge in [0.1, 0.15) is 0 Å². The molecule has 1 heterocycles. The highest BCUT2D eigenvalue weighted by molar-refractivity contribution is 5.95. The molecule has 0 N–H and O–H groups in total. The van der Waals surface area contributed by atoms with Crippen LogP contribution in [0.25, 0.3) is 0 Å². The number of carbonyl (C=O) groups excluding carboxylic acids is 1. The number of aromatic nitrogens is 2. The summed E-state index contributed by atoms with van der Waals surface area (Å²) in [5.41, 5.74) is 2.61. The summed E-state index contributed by atoms with van der Waals surface area (Å²) in [6, 6.07) is 9.44. The van der Waals surface area contributed by atoms with Crippen molar-refractivity contribution in [3.8, 4) is 0 Å². The number of aryl methyl sites for hydroxylation is 1. The summed E-state index contributed by atoms with van der Waals surface area (Å²) < 4.78 is 1.41.